The maximum absolute atomic E-state index is 12.3. The van der Waals surface area contributed by atoms with Crippen LogP contribution in [0.4, 0.5) is 0 Å². The Morgan fingerprint density at radius 3 is 2.23 bits per heavy atom. The molecule has 0 atom stereocenters. The van der Waals surface area contributed by atoms with Crippen LogP contribution in [0.15, 0.2) is 40.9 Å². The van der Waals surface area contributed by atoms with Crippen molar-refractivity contribution in [2.24, 2.45) is 11.8 Å². The van der Waals surface area contributed by atoms with Crippen LogP contribution in [0.25, 0.3) is 11.3 Å². The zero-order valence-electron chi connectivity index (χ0n) is 15.8. The minimum atomic E-state index is -3.11. The number of hydrogen-bond donors (Lipinski definition) is 3. The van der Waals surface area contributed by atoms with E-state index in [0.29, 0.717) is 18.5 Å². The summed E-state index contributed by atoms with van der Waals surface area (Å²) in [6, 6.07) is 10.7. The van der Waals surface area contributed by atoms with Gasteiger partial charge >= 0.3 is 0 Å². The van der Waals surface area contributed by atoms with Crippen LogP contribution in [-0.4, -0.2) is 48.8 Å². The molecule has 0 radical (unpaired) electrons. The molecule has 10 nitrogen and oxygen atoms in total. The van der Waals surface area contributed by atoms with Gasteiger partial charge in [0, 0.05) is 23.6 Å². The van der Waals surface area contributed by atoms with Gasteiger partial charge < -0.3 is 9.84 Å². The van der Waals surface area contributed by atoms with E-state index < -0.39 is 27.6 Å². The number of sulfone groups is 1. The van der Waals surface area contributed by atoms with Crippen molar-refractivity contribution >= 4 is 27.6 Å². The second-order valence-electron chi connectivity index (χ2n) is 7.53. The molecule has 3 N–H and O–H groups in total. The van der Waals surface area contributed by atoms with Gasteiger partial charge in [-0.05, 0) is 12.8 Å². The monoisotopic (exact) mass is 432 g/mol. The van der Waals surface area contributed by atoms with E-state index in [1.165, 1.54) is 0 Å². The van der Waals surface area contributed by atoms with Crippen LogP contribution in [0.3, 0.4) is 0 Å². The Hall–Kier alpha value is -3.21. The number of nitrogens with one attached hydrogen (secondary N) is 3. The minimum Gasteiger partial charge on any atom is -0.350 e. The summed E-state index contributed by atoms with van der Waals surface area (Å²) in [5.41, 5.74) is 5.96. The highest BCUT2D eigenvalue weighted by Crippen LogP contribution is 2.28. The first kappa shape index (κ1) is 20.1. The summed E-state index contributed by atoms with van der Waals surface area (Å²) in [6.45, 7) is 0. The van der Waals surface area contributed by atoms with Gasteiger partial charge in [-0.1, -0.05) is 35.5 Å². The van der Waals surface area contributed by atoms with E-state index in [-0.39, 0.29) is 35.1 Å². The zero-order valence-corrected chi connectivity index (χ0v) is 16.6. The Bertz CT molecular complexity index is 1060. The third kappa shape index (κ3) is 4.35. The predicted octanol–water partition coefficient (Wildman–Crippen LogP) is 0.0420. The molecule has 1 aliphatic heterocycles. The highest BCUT2D eigenvalue weighted by atomic mass is 32.2. The average Bonchev–Trinajstić information content (AvgIpc) is 3.17. The van der Waals surface area contributed by atoms with Crippen molar-refractivity contribution in [3.8, 4) is 11.3 Å². The second kappa shape index (κ2) is 7.90. The van der Waals surface area contributed by atoms with Crippen LogP contribution < -0.4 is 16.2 Å². The predicted molar refractivity (Wildman–Crippen MR) is 104 cm³/mol. The van der Waals surface area contributed by atoms with E-state index in [1.807, 2.05) is 30.3 Å². The first-order chi connectivity index (χ1) is 14.3. The SMILES string of the molecule is O=C(N[C@H]1C[C@H](C(=O)NNC(=O)C2CS(=O)(=O)C2)C1)c1cc(-c2ccccc2)no1. The number of hydrazine groups is 1. The molecule has 1 aromatic heterocycles. The molecule has 1 saturated carbocycles. The average molecular weight is 432 g/mol. The number of hydrogen-bond acceptors (Lipinski definition) is 7. The van der Waals surface area contributed by atoms with Crippen molar-refractivity contribution in [3.63, 3.8) is 0 Å². The van der Waals surface area contributed by atoms with Gasteiger partial charge in [0.2, 0.25) is 17.6 Å². The summed E-state index contributed by atoms with van der Waals surface area (Å²) in [6.07, 6.45) is 0.843. The van der Waals surface area contributed by atoms with E-state index >= 15 is 0 Å². The summed E-state index contributed by atoms with van der Waals surface area (Å²) < 4.78 is 27.3. The molecule has 2 heterocycles. The van der Waals surface area contributed by atoms with Crippen LogP contribution in [0.2, 0.25) is 0 Å². The molecule has 30 heavy (non-hydrogen) atoms. The van der Waals surface area contributed by atoms with Crippen molar-refractivity contribution in [2.45, 2.75) is 18.9 Å². The first-order valence-corrected chi connectivity index (χ1v) is 11.3. The van der Waals surface area contributed by atoms with E-state index in [9.17, 15) is 22.8 Å². The quantitative estimate of drug-likeness (QED) is 0.565. The van der Waals surface area contributed by atoms with E-state index in [4.69, 9.17) is 4.52 Å². The number of carbonyl (C=O) groups is 3. The van der Waals surface area contributed by atoms with Crippen LogP contribution in [-0.2, 0) is 19.4 Å². The Balaban J connectivity index is 1.19. The maximum Gasteiger partial charge on any atom is 0.290 e. The Morgan fingerprint density at radius 2 is 1.60 bits per heavy atom. The van der Waals surface area contributed by atoms with Gasteiger partial charge in [-0.15, -0.1) is 0 Å². The lowest BCUT2D eigenvalue weighted by Gasteiger charge is -2.34. The molecule has 0 bridgehead atoms. The minimum absolute atomic E-state index is 0.0875. The number of amides is 3. The highest BCUT2D eigenvalue weighted by molar-refractivity contribution is 7.92. The maximum atomic E-state index is 12.3. The van der Waals surface area contributed by atoms with Crippen LogP contribution >= 0.6 is 0 Å². The lowest BCUT2D eigenvalue weighted by molar-refractivity contribution is -0.134. The summed E-state index contributed by atoms with van der Waals surface area (Å²) in [4.78, 5) is 36.1. The lowest BCUT2D eigenvalue weighted by atomic mass is 9.79. The summed E-state index contributed by atoms with van der Waals surface area (Å²) in [5, 5.41) is 6.69. The van der Waals surface area contributed by atoms with Gasteiger partial charge in [0.05, 0.1) is 17.4 Å². The van der Waals surface area contributed by atoms with Gasteiger partial charge in [-0.25, -0.2) is 8.42 Å². The molecule has 0 spiro atoms. The Kier molecular flexibility index (Phi) is 5.29. The molecule has 11 heteroatoms. The van der Waals surface area contributed by atoms with E-state index in [2.05, 4.69) is 21.3 Å². The summed E-state index contributed by atoms with van der Waals surface area (Å²) in [5.74, 6) is -2.57. The van der Waals surface area contributed by atoms with Crippen molar-refractivity contribution in [3.05, 3.63) is 42.2 Å². The Morgan fingerprint density at radius 1 is 0.967 bits per heavy atom. The molecule has 1 aliphatic carbocycles. The van der Waals surface area contributed by atoms with Crippen molar-refractivity contribution in [1.29, 1.82) is 0 Å². The van der Waals surface area contributed by atoms with Crippen LogP contribution in [0.1, 0.15) is 23.4 Å². The van der Waals surface area contributed by atoms with Gasteiger partial charge in [0.25, 0.3) is 5.91 Å². The largest absolute Gasteiger partial charge is 0.350 e. The lowest BCUT2D eigenvalue weighted by Crippen LogP contribution is -2.55. The van der Waals surface area contributed by atoms with Crippen LogP contribution in [0, 0.1) is 11.8 Å². The van der Waals surface area contributed by atoms with Gasteiger partial charge in [-0.2, -0.15) is 0 Å². The van der Waals surface area contributed by atoms with Gasteiger partial charge in [0.1, 0.15) is 5.69 Å². The van der Waals surface area contributed by atoms with E-state index in [0.717, 1.165) is 5.56 Å². The van der Waals surface area contributed by atoms with Crippen LogP contribution in [0.5, 0.6) is 0 Å². The third-order valence-corrected chi connectivity index (χ3v) is 7.06. The van der Waals surface area contributed by atoms with Gasteiger partial charge in [0.15, 0.2) is 9.84 Å². The first-order valence-electron chi connectivity index (χ1n) is 9.44. The standard InChI is InChI=1S/C19H20N4O6S/c24-17(21-22-18(25)13-9-30(27,28)10-13)12-6-14(7-12)20-19(26)16-8-15(23-29-16)11-4-2-1-3-5-11/h1-5,8,12-14H,6-7,9-10H2,(H,20,26)(H,21,24)(H,22,25)/t12-,14-. The fourth-order valence-electron chi connectivity index (χ4n) is 3.38. The number of nitrogens with zero attached hydrogens (tertiary/aromatic N) is 1. The van der Waals surface area contributed by atoms with Crippen molar-refractivity contribution in [1.82, 2.24) is 21.3 Å². The summed E-state index contributed by atoms with van der Waals surface area (Å²) >= 11 is 0. The number of rotatable bonds is 5. The second-order valence-corrected chi connectivity index (χ2v) is 9.69. The topological polar surface area (TPSA) is 147 Å². The van der Waals surface area contributed by atoms with Crippen molar-refractivity contribution < 1.29 is 27.3 Å². The summed E-state index contributed by atoms with van der Waals surface area (Å²) in [7, 11) is -3.11. The zero-order chi connectivity index (χ0) is 21.3. The molecule has 1 saturated heterocycles. The third-order valence-electron chi connectivity index (χ3n) is 5.24. The Labute approximate surface area is 172 Å². The highest BCUT2D eigenvalue weighted by Gasteiger charge is 2.40. The molecule has 2 aromatic rings. The molecule has 0 unspecified atom stereocenters. The molecular weight excluding hydrogens is 412 g/mol. The smallest absolute Gasteiger partial charge is 0.290 e. The molecule has 2 fully saturated rings. The molecular formula is C19H20N4O6S. The fourth-order valence-corrected chi connectivity index (χ4v) is 4.81. The fraction of sp³-hybridized carbons (Fsp3) is 0.368. The molecule has 4 rings (SSSR count). The molecule has 2 aliphatic rings. The van der Waals surface area contributed by atoms with E-state index in [1.54, 1.807) is 6.07 Å². The number of carbonyl (C=O) groups excluding carboxylic acids is 3. The molecule has 3 amide bonds. The normalized spacial score (nSPS) is 22.3. The molecule has 1 aromatic carbocycles. The number of aromatic nitrogens is 1. The van der Waals surface area contributed by atoms with Gasteiger partial charge in [-0.3, -0.25) is 25.2 Å². The molecule has 158 valence electrons. The number of benzene rings is 1. The van der Waals surface area contributed by atoms with Crippen molar-refractivity contribution in [2.75, 3.05) is 11.5 Å².